The minimum absolute atomic E-state index is 0.248. The van der Waals surface area contributed by atoms with E-state index < -0.39 is 10.2 Å². The molecule has 0 atom stereocenters. The normalized spacial score (nSPS) is 11.9. The molecule has 1 heterocycles. The molecule has 80 valence electrons. The van der Waals surface area contributed by atoms with E-state index in [0.717, 1.165) is 11.3 Å². The van der Waals surface area contributed by atoms with E-state index in [1.54, 1.807) is 13.1 Å². The molecule has 0 bridgehead atoms. The van der Waals surface area contributed by atoms with Crippen molar-refractivity contribution in [2.75, 3.05) is 6.54 Å². The molecular weight excluding hydrogens is 204 g/mol. The SMILES string of the molecule is CCNS(=O)(=O)NCc1cn[nH]c1C. The monoisotopic (exact) mass is 218 g/mol. The Bertz CT molecular complexity index is 384. The Balaban J connectivity index is 2.53. The van der Waals surface area contributed by atoms with Gasteiger partial charge >= 0.3 is 0 Å². The summed E-state index contributed by atoms with van der Waals surface area (Å²) in [7, 11) is -3.37. The van der Waals surface area contributed by atoms with Crippen LogP contribution in [-0.4, -0.2) is 25.2 Å². The standard InChI is InChI=1S/C7H14N4O2S/c1-3-9-14(12,13)10-5-7-4-8-11-6(7)2/h4,9-10H,3,5H2,1-2H3,(H,8,11). The molecule has 0 aliphatic rings. The maximum Gasteiger partial charge on any atom is 0.277 e. The molecule has 0 radical (unpaired) electrons. The first kappa shape index (κ1) is 11.2. The molecule has 1 aromatic heterocycles. The van der Waals surface area contributed by atoms with Gasteiger partial charge in [-0.05, 0) is 6.92 Å². The van der Waals surface area contributed by atoms with Crippen LogP contribution in [0, 0.1) is 6.92 Å². The molecule has 0 amide bonds. The van der Waals surface area contributed by atoms with E-state index in [2.05, 4.69) is 19.6 Å². The smallest absolute Gasteiger partial charge is 0.277 e. The minimum Gasteiger partial charge on any atom is -0.283 e. The number of aromatic amines is 1. The highest BCUT2D eigenvalue weighted by Crippen LogP contribution is 2.01. The van der Waals surface area contributed by atoms with Gasteiger partial charge in [-0.15, -0.1) is 0 Å². The van der Waals surface area contributed by atoms with Gasteiger partial charge in [0, 0.05) is 24.3 Å². The van der Waals surface area contributed by atoms with Gasteiger partial charge in [-0.1, -0.05) is 6.92 Å². The summed E-state index contributed by atoms with van der Waals surface area (Å²) in [5.74, 6) is 0. The van der Waals surface area contributed by atoms with E-state index in [1.165, 1.54) is 0 Å². The van der Waals surface area contributed by atoms with E-state index in [0.29, 0.717) is 6.54 Å². The molecule has 0 aliphatic heterocycles. The Morgan fingerprint density at radius 1 is 1.50 bits per heavy atom. The van der Waals surface area contributed by atoms with Crippen molar-refractivity contribution in [3.63, 3.8) is 0 Å². The number of hydrogen-bond donors (Lipinski definition) is 3. The van der Waals surface area contributed by atoms with Gasteiger partial charge in [0.1, 0.15) is 0 Å². The summed E-state index contributed by atoms with van der Waals surface area (Å²) in [4.78, 5) is 0. The molecule has 14 heavy (non-hydrogen) atoms. The lowest BCUT2D eigenvalue weighted by molar-refractivity contribution is 0.568. The third-order valence-electron chi connectivity index (χ3n) is 1.72. The van der Waals surface area contributed by atoms with Crippen molar-refractivity contribution in [3.8, 4) is 0 Å². The first-order valence-electron chi connectivity index (χ1n) is 4.28. The van der Waals surface area contributed by atoms with Crippen LogP contribution in [0.1, 0.15) is 18.2 Å². The molecule has 0 saturated heterocycles. The summed E-state index contributed by atoms with van der Waals surface area (Å²) >= 11 is 0. The number of hydrogen-bond acceptors (Lipinski definition) is 3. The second-order valence-corrected chi connectivity index (χ2v) is 4.43. The summed E-state index contributed by atoms with van der Waals surface area (Å²) in [6.45, 7) is 4.18. The van der Waals surface area contributed by atoms with E-state index in [9.17, 15) is 8.42 Å². The Labute approximate surface area is 83.3 Å². The van der Waals surface area contributed by atoms with Gasteiger partial charge in [-0.2, -0.15) is 18.2 Å². The van der Waals surface area contributed by atoms with Crippen molar-refractivity contribution < 1.29 is 8.42 Å². The van der Waals surface area contributed by atoms with Crippen LogP contribution >= 0.6 is 0 Å². The van der Waals surface area contributed by atoms with Crippen LogP contribution < -0.4 is 9.44 Å². The largest absolute Gasteiger partial charge is 0.283 e. The average Bonchev–Trinajstić information content (AvgIpc) is 2.48. The van der Waals surface area contributed by atoms with E-state index in [4.69, 9.17) is 0 Å². The van der Waals surface area contributed by atoms with Gasteiger partial charge in [0.15, 0.2) is 0 Å². The van der Waals surface area contributed by atoms with Crippen molar-refractivity contribution in [2.45, 2.75) is 20.4 Å². The lowest BCUT2D eigenvalue weighted by atomic mass is 10.3. The van der Waals surface area contributed by atoms with Crippen molar-refractivity contribution in [3.05, 3.63) is 17.5 Å². The minimum atomic E-state index is -3.37. The summed E-state index contributed by atoms with van der Waals surface area (Å²) in [5, 5.41) is 6.52. The summed E-state index contributed by atoms with van der Waals surface area (Å²) < 4.78 is 27.1. The Kier molecular flexibility index (Phi) is 3.62. The number of nitrogens with one attached hydrogen (secondary N) is 3. The number of H-pyrrole nitrogens is 1. The van der Waals surface area contributed by atoms with Crippen LogP contribution in [0.3, 0.4) is 0 Å². The number of aromatic nitrogens is 2. The fourth-order valence-electron chi connectivity index (χ4n) is 0.968. The van der Waals surface area contributed by atoms with Gasteiger partial charge in [-0.25, -0.2) is 4.72 Å². The van der Waals surface area contributed by atoms with Gasteiger partial charge in [0.05, 0.1) is 6.20 Å². The summed E-state index contributed by atoms with van der Waals surface area (Å²) in [5.41, 5.74) is 1.70. The Morgan fingerprint density at radius 2 is 2.21 bits per heavy atom. The molecule has 0 unspecified atom stereocenters. The zero-order valence-electron chi connectivity index (χ0n) is 8.16. The lowest BCUT2D eigenvalue weighted by Gasteiger charge is -2.05. The van der Waals surface area contributed by atoms with E-state index >= 15 is 0 Å². The summed E-state index contributed by atoms with van der Waals surface area (Å²) in [6, 6.07) is 0. The maximum atomic E-state index is 11.2. The summed E-state index contributed by atoms with van der Waals surface area (Å²) in [6.07, 6.45) is 1.60. The molecule has 0 fully saturated rings. The molecule has 0 saturated carbocycles. The highest BCUT2D eigenvalue weighted by atomic mass is 32.2. The molecule has 0 aliphatic carbocycles. The third kappa shape index (κ3) is 3.09. The van der Waals surface area contributed by atoms with Crippen LogP contribution in [-0.2, 0) is 16.8 Å². The number of aryl methyl sites for hydroxylation is 1. The van der Waals surface area contributed by atoms with E-state index in [-0.39, 0.29) is 6.54 Å². The molecular formula is C7H14N4O2S. The maximum absolute atomic E-state index is 11.2. The number of nitrogens with zero attached hydrogens (tertiary/aromatic N) is 1. The first-order valence-corrected chi connectivity index (χ1v) is 5.76. The van der Waals surface area contributed by atoms with Crippen LogP contribution in [0.15, 0.2) is 6.20 Å². The average molecular weight is 218 g/mol. The van der Waals surface area contributed by atoms with Gasteiger partial charge < -0.3 is 0 Å². The third-order valence-corrected chi connectivity index (χ3v) is 2.91. The molecule has 0 aromatic carbocycles. The van der Waals surface area contributed by atoms with Crippen LogP contribution in [0.2, 0.25) is 0 Å². The molecule has 1 rings (SSSR count). The quantitative estimate of drug-likeness (QED) is 0.632. The second-order valence-electron chi connectivity index (χ2n) is 2.84. The predicted octanol–water partition coefficient (Wildman–Crippen LogP) is -0.338. The zero-order valence-corrected chi connectivity index (χ0v) is 8.98. The van der Waals surface area contributed by atoms with Crippen LogP contribution in [0.5, 0.6) is 0 Å². The molecule has 1 aromatic rings. The van der Waals surface area contributed by atoms with Crippen LogP contribution in [0.4, 0.5) is 0 Å². The van der Waals surface area contributed by atoms with Crippen LogP contribution in [0.25, 0.3) is 0 Å². The highest BCUT2D eigenvalue weighted by molar-refractivity contribution is 7.87. The zero-order chi connectivity index (χ0) is 10.6. The molecule has 3 N–H and O–H groups in total. The fourth-order valence-corrected chi connectivity index (χ4v) is 1.80. The topological polar surface area (TPSA) is 86.9 Å². The lowest BCUT2D eigenvalue weighted by Crippen LogP contribution is -2.35. The van der Waals surface area contributed by atoms with E-state index in [1.807, 2.05) is 6.92 Å². The molecule has 7 heteroatoms. The fraction of sp³-hybridized carbons (Fsp3) is 0.571. The predicted molar refractivity (Wildman–Crippen MR) is 52.8 cm³/mol. The second kappa shape index (κ2) is 4.54. The van der Waals surface area contributed by atoms with Gasteiger partial charge in [0.25, 0.3) is 10.2 Å². The molecule has 0 spiro atoms. The first-order chi connectivity index (χ1) is 6.55. The number of rotatable bonds is 5. The van der Waals surface area contributed by atoms with Crippen molar-refractivity contribution in [1.29, 1.82) is 0 Å². The van der Waals surface area contributed by atoms with Crippen molar-refractivity contribution in [2.24, 2.45) is 0 Å². The van der Waals surface area contributed by atoms with Gasteiger partial charge in [0.2, 0.25) is 0 Å². The van der Waals surface area contributed by atoms with Gasteiger partial charge in [-0.3, -0.25) is 5.10 Å². The Hall–Kier alpha value is -0.920. The van der Waals surface area contributed by atoms with Crippen molar-refractivity contribution in [1.82, 2.24) is 19.6 Å². The molecule has 6 nitrogen and oxygen atoms in total. The van der Waals surface area contributed by atoms with Crippen molar-refractivity contribution >= 4 is 10.2 Å². The Morgan fingerprint density at radius 3 is 2.71 bits per heavy atom. The highest BCUT2D eigenvalue weighted by Gasteiger charge is 2.08.